The fourth-order valence-electron chi connectivity index (χ4n) is 1.15. The number of hydrogen-bond acceptors (Lipinski definition) is 2. The lowest BCUT2D eigenvalue weighted by Gasteiger charge is -2.12. The molecule has 1 rings (SSSR count). The van der Waals surface area contributed by atoms with E-state index in [1.54, 1.807) is 6.07 Å². The van der Waals surface area contributed by atoms with E-state index in [0.29, 0.717) is 6.07 Å². The predicted octanol–water partition coefficient (Wildman–Crippen LogP) is 2.54. The van der Waals surface area contributed by atoms with Crippen LogP contribution < -0.4 is 5.32 Å². The Bertz CT molecular complexity index is 460. The molecule has 0 aliphatic carbocycles. The molecular formula is C10H7F3N2O. The highest BCUT2D eigenvalue weighted by atomic mass is 19.4. The van der Waals surface area contributed by atoms with Crippen LogP contribution >= 0.6 is 0 Å². The highest BCUT2D eigenvalue weighted by Gasteiger charge is 2.34. The SMILES string of the molecule is CC(=O)Nc1ccc(C#N)cc1C(F)(F)F. The number of nitriles is 1. The Morgan fingerprint density at radius 1 is 1.44 bits per heavy atom. The molecule has 16 heavy (non-hydrogen) atoms. The molecule has 0 fully saturated rings. The lowest BCUT2D eigenvalue weighted by atomic mass is 10.1. The summed E-state index contributed by atoms with van der Waals surface area (Å²) in [5.41, 5.74) is -1.48. The van der Waals surface area contributed by atoms with Gasteiger partial charge in [-0.15, -0.1) is 0 Å². The van der Waals surface area contributed by atoms with Crippen LogP contribution in [0, 0.1) is 11.3 Å². The molecule has 3 nitrogen and oxygen atoms in total. The third-order valence-electron chi connectivity index (χ3n) is 1.76. The molecule has 1 amide bonds. The van der Waals surface area contributed by atoms with Crippen molar-refractivity contribution >= 4 is 11.6 Å². The van der Waals surface area contributed by atoms with Crippen molar-refractivity contribution in [1.29, 1.82) is 5.26 Å². The summed E-state index contributed by atoms with van der Waals surface area (Å²) in [4.78, 5) is 10.7. The fraction of sp³-hybridized carbons (Fsp3) is 0.200. The van der Waals surface area contributed by atoms with Crippen molar-refractivity contribution in [3.63, 3.8) is 0 Å². The quantitative estimate of drug-likeness (QED) is 0.802. The van der Waals surface area contributed by atoms with Gasteiger partial charge in [0.15, 0.2) is 0 Å². The zero-order valence-electron chi connectivity index (χ0n) is 8.22. The van der Waals surface area contributed by atoms with Crippen LogP contribution in [-0.4, -0.2) is 5.91 Å². The van der Waals surface area contributed by atoms with E-state index in [1.807, 2.05) is 0 Å². The van der Waals surface area contributed by atoms with Gasteiger partial charge in [-0.25, -0.2) is 0 Å². The van der Waals surface area contributed by atoms with E-state index >= 15 is 0 Å². The second kappa shape index (κ2) is 4.23. The molecule has 0 heterocycles. The number of benzene rings is 1. The van der Waals surface area contributed by atoms with E-state index in [0.717, 1.165) is 13.0 Å². The van der Waals surface area contributed by atoms with Crippen molar-refractivity contribution in [3.05, 3.63) is 29.3 Å². The van der Waals surface area contributed by atoms with Gasteiger partial charge in [0.1, 0.15) is 0 Å². The molecule has 1 aromatic carbocycles. The summed E-state index contributed by atoms with van der Waals surface area (Å²) < 4.78 is 37.7. The van der Waals surface area contributed by atoms with Crippen molar-refractivity contribution in [2.45, 2.75) is 13.1 Å². The van der Waals surface area contributed by atoms with Gasteiger partial charge in [-0.3, -0.25) is 4.79 Å². The second-order valence-corrected chi connectivity index (χ2v) is 3.05. The van der Waals surface area contributed by atoms with Crippen LogP contribution in [0.25, 0.3) is 0 Å². The van der Waals surface area contributed by atoms with Crippen LogP contribution in [0.4, 0.5) is 18.9 Å². The van der Waals surface area contributed by atoms with Crippen LogP contribution in [0.1, 0.15) is 18.1 Å². The standard InChI is InChI=1S/C10H7F3N2O/c1-6(16)15-9-3-2-7(5-14)4-8(9)10(11,12)13/h2-4H,1H3,(H,15,16). The molecule has 84 valence electrons. The predicted molar refractivity (Wildman–Crippen MR) is 50.5 cm³/mol. The topological polar surface area (TPSA) is 52.9 Å². The summed E-state index contributed by atoms with van der Waals surface area (Å²) in [5, 5.41) is 10.6. The summed E-state index contributed by atoms with van der Waals surface area (Å²) in [5.74, 6) is -0.602. The normalized spacial score (nSPS) is 10.7. The third kappa shape index (κ3) is 2.73. The Kier molecular flexibility index (Phi) is 3.18. The zero-order chi connectivity index (χ0) is 12.3. The maximum Gasteiger partial charge on any atom is 0.418 e. The van der Waals surface area contributed by atoms with E-state index in [1.165, 1.54) is 6.07 Å². The molecule has 0 aliphatic rings. The van der Waals surface area contributed by atoms with E-state index in [-0.39, 0.29) is 11.3 Å². The average Bonchev–Trinajstić information content (AvgIpc) is 2.15. The molecule has 0 saturated carbocycles. The van der Waals surface area contributed by atoms with Crippen LogP contribution in [0.15, 0.2) is 18.2 Å². The van der Waals surface area contributed by atoms with Crippen LogP contribution in [0.2, 0.25) is 0 Å². The van der Waals surface area contributed by atoms with Crippen LogP contribution in [0.5, 0.6) is 0 Å². The van der Waals surface area contributed by atoms with E-state index in [4.69, 9.17) is 5.26 Å². The molecule has 1 aromatic rings. The van der Waals surface area contributed by atoms with Crippen molar-refractivity contribution in [2.75, 3.05) is 5.32 Å². The first-order valence-electron chi connectivity index (χ1n) is 4.23. The number of rotatable bonds is 1. The summed E-state index contributed by atoms with van der Waals surface area (Å²) >= 11 is 0. The number of hydrogen-bond donors (Lipinski definition) is 1. The molecule has 0 atom stereocenters. The number of amides is 1. The Labute approximate surface area is 89.5 Å². The fourth-order valence-corrected chi connectivity index (χ4v) is 1.15. The molecule has 0 spiro atoms. The maximum absolute atomic E-state index is 12.6. The molecule has 0 unspecified atom stereocenters. The largest absolute Gasteiger partial charge is 0.418 e. The first kappa shape index (κ1) is 12.0. The monoisotopic (exact) mass is 228 g/mol. The number of halogens is 3. The lowest BCUT2D eigenvalue weighted by Crippen LogP contribution is -2.14. The molecule has 0 saturated heterocycles. The van der Waals surface area contributed by atoms with E-state index in [2.05, 4.69) is 5.32 Å². The van der Waals surface area contributed by atoms with E-state index < -0.39 is 17.6 Å². The van der Waals surface area contributed by atoms with Crippen LogP contribution in [-0.2, 0) is 11.0 Å². The number of nitrogens with zero attached hydrogens (tertiary/aromatic N) is 1. The van der Waals surface area contributed by atoms with Gasteiger partial charge >= 0.3 is 6.18 Å². The van der Waals surface area contributed by atoms with Gasteiger partial charge in [-0.1, -0.05) is 0 Å². The van der Waals surface area contributed by atoms with Crippen molar-refractivity contribution < 1.29 is 18.0 Å². The summed E-state index contributed by atoms with van der Waals surface area (Å²) in [6.07, 6.45) is -4.61. The average molecular weight is 228 g/mol. The molecule has 6 heteroatoms. The minimum atomic E-state index is -4.61. The summed E-state index contributed by atoms with van der Waals surface area (Å²) in [6, 6.07) is 4.57. The number of carbonyl (C=O) groups is 1. The molecular weight excluding hydrogens is 221 g/mol. The number of anilines is 1. The Morgan fingerprint density at radius 2 is 2.06 bits per heavy atom. The maximum atomic E-state index is 12.6. The number of alkyl halides is 3. The summed E-state index contributed by atoms with van der Waals surface area (Å²) in [6.45, 7) is 1.11. The van der Waals surface area contributed by atoms with Crippen molar-refractivity contribution in [2.24, 2.45) is 0 Å². The highest BCUT2D eigenvalue weighted by Crippen LogP contribution is 2.35. The molecule has 0 aliphatic heterocycles. The van der Waals surface area contributed by atoms with Gasteiger partial charge in [0.05, 0.1) is 22.9 Å². The third-order valence-corrected chi connectivity index (χ3v) is 1.76. The highest BCUT2D eigenvalue weighted by molar-refractivity contribution is 5.89. The molecule has 0 bridgehead atoms. The lowest BCUT2D eigenvalue weighted by molar-refractivity contribution is -0.137. The van der Waals surface area contributed by atoms with Crippen molar-refractivity contribution in [3.8, 4) is 6.07 Å². The molecule has 0 radical (unpaired) electrons. The first-order chi connectivity index (χ1) is 7.34. The zero-order valence-corrected chi connectivity index (χ0v) is 8.22. The van der Waals surface area contributed by atoms with Gasteiger partial charge in [0.2, 0.25) is 5.91 Å². The molecule has 1 N–H and O–H groups in total. The Balaban J connectivity index is 3.28. The minimum Gasteiger partial charge on any atom is -0.326 e. The second-order valence-electron chi connectivity index (χ2n) is 3.05. The van der Waals surface area contributed by atoms with E-state index in [9.17, 15) is 18.0 Å². The first-order valence-corrected chi connectivity index (χ1v) is 4.23. The number of nitrogens with one attached hydrogen (secondary N) is 1. The van der Waals surface area contributed by atoms with Gasteiger partial charge in [-0.2, -0.15) is 18.4 Å². The van der Waals surface area contributed by atoms with Crippen molar-refractivity contribution in [1.82, 2.24) is 0 Å². The Morgan fingerprint density at radius 3 is 2.50 bits per heavy atom. The van der Waals surface area contributed by atoms with Gasteiger partial charge < -0.3 is 5.32 Å². The Hall–Kier alpha value is -2.03. The molecule has 0 aromatic heterocycles. The van der Waals surface area contributed by atoms with Gasteiger partial charge in [0, 0.05) is 6.92 Å². The number of carbonyl (C=O) groups excluding carboxylic acids is 1. The van der Waals surface area contributed by atoms with Gasteiger partial charge in [-0.05, 0) is 18.2 Å². The summed E-state index contributed by atoms with van der Waals surface area (Å²) in [7, 11) is 0. The minimum absolute atomic E-state index is 0.110. The van der Waals surface area contributed by atoms with Gasteiger partial charge in [0.25, 0.3) is 0 Å². The van der Waals surface area contributed by atoms with Crippen LogP contribution in [0.3, 0.4) is 0 Å². The smallest absolute Gasteiger partial charge is 0.326 e.